The molecule has 1 heterocycles. The monoisotopic (exact) mass is 177 g/mol. The molecule has 66 valence electrons. The van der Waals surface area contributed by atoms with Crippen LogP contribution >= 0.6 is 0 Å². The van der Waals surface area contributed by atoms with Crippen molar-refractivity contribution >= 4 is 17.2 Å². The highest BCUT2D eigenvalue weighted by Crippen LogP contribution is 2.21. The van der Waals surface area contributed by atoms with Gasteiger partial charge in [-0.1, -0.05) is 0 Å². The van der Waals surface area contributed by atoms with Crippen molar-refractivity contribution in [2.75, 3.05) is 0 Å². The third-order valence-corrected chi connectivity index (χ3v) is 2.14. The largest absolute Gasteiger partial charge is 0.350 e. The van der Waals surface area contributed by atoms with Gasteiger partial charge in [0.25, 0.3) is 0 Å². The van der Waals surface area contributed by atoms with Gasteiger partial charge in [0.2, 0.25) is 0 Å². The predicted octanol–water partition coefficient (Wildman–Crippen LogP) is 2.13. The van der Waals surface area contributed by atoms with Crippen molar-refractivity contribution in [3.05, 3.63) is 35.8 Å². The lowest BCUT2D eigenvalue weighted by atomic mass is 10.1. The van der Waals surface area contributed by atoms with Gasteiger partial charge in [-0.15, -0.1) is 0 Å². The van der Waals surface area contributed by atoms with Gasteiger partial charge in [-0.3, -0.25) is 4.79 Å². The molecule has 0 spiro atoms. The summed E-state index contributed by atoms with van der Waals surface area (Å²) in [5.74, 6) is -0.291. The summed E-state index contributed by atoms with van der Waals surface area (Å²) in [6, 6.07) is 4.47. The SMILES string of the molecule is Cn1ccc2c(F)ccc(C=O)c21. The van der Waals surface area contributed by atoms with Crippen LogP contribution in [-0.4, -0.2) is 10.9 Å². The molecule has 0 saturated heterocycles. The highest BCUT2D eigenvalue weighted by Gasteiger charge is 2.07. The zero-order chi connectivity index (χ0) is 9.42. The smallest absolute Gasteiger partial charge is 0.152 e. The summed E-state index contributed by atoms with van der Waals surface area (Å²) in [5, 5.41) is 0.493. The van der Waals surface area contributed by atoms with Crippen molar-refractivity contribution in [3.8, 4) is 0 Å². The van der Waals surface area contributed by atoms with Gasteiger partial charge >= 0.3 is 0 Å². The lowest BCUT2D eigenvalue weighted by Crippen LogP contribution is -1.91. The number of nitrogens with zero attached hydrogens (tertiary/aromatic N) is 1. The second-order valence-electron chi connectivity index (χ2n) is 2.94. The molecule has 0 saturated carbocycles. The Morgan fingerprint density at radius 2 is 2.15 bits per heavy atom. The van der Waals surface area contributed by atoms with Gasteiger partial charge in [-0.2, -0.15) is 0 Å². The molecule has 0 bridgehead atoms. The van der Waals surface area contributed by atoms with E-state index in [0.29, 0.717) is 16.5 Å². The summed E-state index contributed by atoms with van der Waals surface area (Å²) in [6.07, 6.45) is 2.47. The second-order valence-corrected chi connectivity index (χ2v) is 2.94. The van der Waals surface area contributed by atoms with E-state index in [1.54, 1.807) is 23.9 Å². The first-order chi connectivity index (χ1) is 6.24. The standard InChI is InChI=1S/C10H8FNO/c1-12-5-4-8-9(11)3-2-7(6-13)10(8)12/h2-6H,1H3. The van der Waals surface area contributed by atoms with E-state index >= 15 is 0 Å². The molecule has 1 aromatic carbocycles. The number of aldehydes is 1. The average Bonchev–Trinajstić information content (AvgIpc) is 2.51. The number of hydrogen-bond acceptors (Lipinski definition) is 1. The Kier molecular flexibility index (Phi) is 1.65. The number of rotatable bonds is 1. The fourth-order valence-electron chi connectivity index (χ4n) is 1.51. The second kappa shape index (κ2) is 2.69. The first-order valence-corrected chi connectivity index (χ1v) is 3.93. The quantitative estimate of drug-likeness (QED) is 0.611. The number of aromatic nitrogens is 1. The van der Waals surface area contributed by atoms with Crippen LogP contribution in [0.5, 0.6) is 0 Å². The van der Waals surface area contributed by atoms with Crippen molar-refractivity contribution in [3.63, 3.8) is 0 Å². The fraction of sp³-hybridized carbons (Fsp3) is 0.100. The molecule has 2 aromatic rings. The van der Waals surface area contributed by atoms with E-state index in [-0.39, 0.29) is 5.82 Å². The molecule has 0 aliphatic carbocycles. The van der Waals surface area contributed by atoms with Crippen LogP contribution in [0, 0.1) is 5.82 Å². The maximum atomic E-state index is 13.2. The predicted molar refractivity (Wildman–Crippen MR) is 48.3 cm³/mol. The number of hydrogen-bond donors (Lipinski definition) is 0. The van der Waals surface area contributed by atoms with Crippen LogP contribution in [0.1, 0.15) is 10.4 Å². The summed E-state index contributed by atoms with van der Waals surface area (Å²) < 4.78 is 14.9. The summed E-state index contributed by atoms with van der Waals surface area (Å²) in [6.45, 7) is 0. The summed E-state index contributed by atoms with van der Waals surface area (Å²) in [5.41, 5.74) is 1.17. The van der Waals surface area contributed by atoms with Crippen molar-refractivity contribution in [1.82, 2.24) is 4.57 Å². The Morgan fingerprint density at radius 3 is 2.85 bits per heavy atom. The molecule has 0 N–H and O–H groups in total. The first kappa shape index (κ1) is 7.98. The van der Waals surface area contributed by atoms with Crippen molar-refractivity contribution < 1.29 is 9.18 Å². The summed E-state index contributed by atoms with van der Waals surface area (Å²) in [7, 11) is 1.79. The topological polar surface area (TPSA) is 22.0 Å². The van der Waals surface area contributed by atoms with Gasteiger partial charge in [0.1, 0.15) is 5.82 Å². The molecule has 0 aliphatic rings. The summed E-state index contributed by atoms with van der Waals surface area (Å²) in [4.78, 5) is 10.6. The van der Waals surface area contributed by atoms with Crippen LogP contribution in [0.4, 0.5) is 4.39 Å². The van der Waals surface area contributed by atoms with Crippen LogP contribution in [0.15, 0.2) is 24.4 Å². The molecular weight excluding hydrogens is 169 g/mol. The van der Waals surface area contributed by atoms with E-state index in [1.807, 2.05) is 0 Å². The van der Waals surface area contributed by atoms with Crippen LogP contribution < -0.4 is 0 Å². The van der Waals surface area contributed by atoms with Gasteiger partial charge in [0.05, 0.1) is 5.52 Å². The Morgan fingerprint density at radius 1 is 1.38 bits per heavy atom. The molecule has 2 rings (SSSR count). The molecule has 1 aromatic heterocycles. The number of benzene rings is 1. The molecule has 0 radical (unpaired) electrons. The number of halogens is 1. The van der Waals surface area contributed by atoms with Crippen molar-refractivity contribution in [2.45, 2.75) is 0 Å². The van der Waals surface area contributed by atoms with Gasteiger partial charge in [0, 0.05) is 24.2 Å². The number of carbonyl (C=O) groups excluding carboxylic acids is 1. The van der Waals surface area contributed by atoms with E-state index in [2.05, 4.69) is 0 Å². The van der Waals surface area contributed by atoms with Crippen LogP contribution in [0.3, 0.4) is 0 Å². The average molecular weight is 177 g/mol. The maximum Gasteiger partial charge on any atom is 0.152 e. The van der Waals surface area contributed by atoms with E-state index < -0.39 is 0 Å². The number of carbonyl (C=O) groups is 1. The zero-order valence-corrected chi connectivity index (χ0v) is 7.12. The van der Waals surface area contributed by atoms with Crippen LogP contribution in [0.25, 0.3) is 10.9 Å². The Bertz CT molecular complexity index is 473. The third-order valence-electron chi connectivity index (χ3n) is 2.14. The molecule has 0 unspecified atom stereocenters. The van der Waals surface area contributed by atoms with Crippen LogP contribution in [-0.2, 0) is 7.05 Å². The van der Waals surface area contributed by atoms with E-state index in [9.17, 15) is 9.18 Å². The van der Waals surface area contributed by atoms with Crippen molar-refractivity contribution in [2.24, 2.45) is 7.05 Å². The fourth-order valence-corrected chi connectivity index (χ4v) is 1.51. The van der Waals surface area contributed by atoms with E-state index in [4.69, 9.17) is 0 Å². The van der Waals surface area contributed by atoms with E-state index in [0.717, 1.165) is 6.29 Å². The Balaban J connectivity index is 2.96. The van der Waals surface area contributed by atoms with Gasteiger partial charge in [0.15, 0.2) is 6.29 Å². The molecule has 13 heavy (non-hydrogen) atoms. The Labute approximate surface area is 74.6 Å². The number of fused-ring (bicyclic) bond motifs is 1. The van der Waals surface area contributed by atoms with Gasteiger partial charge in [-0.05, 0) is 18.2 Å². The molecule has 0 fully saturated rings. The lowest BCUT2D eigenvalue weighted by molar-refractivity contribution is 0.112. The molecule has 0 atom stereocenters. The molecule has 0 amide bonds. The van der Waals surface area contributed by atoms with Crippen LogP contribution in [0.2, 0.25) is 0 Å². The third kappa shape index (κ3) is 1.04. The molecular formula is C10H8FNO. The van der Waals surface area contributed by atoms with E-state index in [1.165, 1.54) is 12.1 Å². The Hall–Kier alpha value is -1.64. The number of aryl methyl sites for hydroxylation is 1. The summed E-state index contributed by atoms with van der Waals surface area (Å²) >= 11 is 0. The molecule has 3 heteroatoms. The highest BCUT2D eigenvalue weighted by molar-refractivity contribution is 5.96. The lowest BCUT2D eigenvalue weighted by Gasteiger charge is -1.99. The first-order valence-electron chi connectivity index (χ1n) is 3.93. The minimum Gasteiger partial charge on any atom is -0.350 e. The molecule has 0 aliphatic heterocycles. The van der Waals surface area contributed by atoms with Crippen molar-refractivity contribution in [1.29, 1.82) is 0 Å². The van der Waals surface area contributed by atoms with Gasteiger partial charge < -0.3 is 4.57 Å². The zero-order valence-electron chi connectivity index (χ0n) is 7.12. The molecule has 2 nitrogen and oxygen atoms in total. The normalized spacial score (nSPS) is 10.6. The highest BCUT2D eigenvalue weighted by atomic mass is 19.1. The minimum atomic E-state index is -0.291. The van der Waals surface area contributed by atoms with Gasteiger partial charge in [-0.25, -0.2) is 4.39 Å². The maximum absolute atomic E-state index is 13.2. The minimum absolute atomic E-state index is 0.291.